The van der Waals surface area contributed by atoms with Gasteiger partial charge >= 0.3 is 5.97 Å². The molecule has 4 heteroatoms. The highest BCUT2D eigenvalue weighted by atomic mass is 16.5. The highest BCUT2D eigenvalue weighted by Gasteiger charge is 2.00. The van der Waals surface area contributed by atoms with Crippen LogP contribution in [0.1, 0.15) is 11.1 Å². The van der Waals surface area contributed by atoms with Crippen molar-refractivity contribution in [2.24, 2.45) is 0 Å². The topological polar surface area (TPSA) is 58.6 Å². The van der Waals surface area contributed by atoms with E-state index in [1.165, 1.54) is 5.56 Å². The first-order valence-electron chi connectivity index (χ1n) is 6.87. The average molecular weight is 285 g/mol. The molecule has 110 valence electrons. The Morgan fingerprint density at radius 3 is 2.38 bits per heavy atom. The van der Waals surface area contributed by atoms with Crippen LogP contribution >= 0.6 is 0 Å². The fourth-order valence-electron chi connectivity index (χ4n) is 1.91. The highest BCUT2D eigenvalue weighted by Crippen LogP contribution is 2.12. The number of anilines is 1. The van der Waals surface area contributed by atoms with Gasteiger partial charge in [0.15, 0.2) is 0 Å². The van der Waals surface area contributed by atoms with Crippen molar-refractivity contribution in [1.29, 1.82) is 0 Å². The molecule has 0 radical (unpaired) electrons. The monoisotopic (exact) mass is 285 g/mol. The third-order valence-electron chi connectivity index (χ3n) is 3.03. The molecule has 2 N–H and O–H groups in total. The quantitative estimate of drug-likeness (QED) is 0.767. The number of carbonyl (C=O) groups is 1. The smallest absolute Gasteiger partial charge is 0.307 e. The molecule has 2 aromatic rings. The molecular weight excluding hydrogens is 266 g/mol. The van der Waals surface area contributed by atoms with E-state index in [-0.39, 0.29) is 6.42 Å². The number of nitrogens with one attached hydrogen (secondary N) is 1. The zero-order chi connectivity index (χ0) is 15.1. The van der Waals surface area contributed by atoms with E-state index in [0.717, 1.165) is 17.0 Å². The second kappa shape index (κ2) is 7.33. The second-order valence-electron chi connectivity index (χ2n) is 4.86. The molecule has 0 unspecified atom stereocenters. The molecule has 0 saturated carbocycles. The predicted molar refractivity (Wildman–Crippen MR) is 82.9 cm³/mol. The molecule has 0 fully saturated rings. The van der Waals surface area contributed by atoms with Gasteiger partial charge in [-0.3, -0.25) is 4.79 Å². The Bertz CT molecular complexity index is 576. The molecule has 4 nitrogen and oxygen atoms in total. The Morgan fingerprint density at radius 2 is 1.76 bits per heavy atom. The number of aliphatic carboxylic acids is 1. The van der Waals surface area contributed by atoms with Gasteiger partial charge in [0.1, 0.15) is 12.4 Å². The van der Waals surface area contributed by atoms with Crippen LogP contribution in [0.15, 0.2) is 48.5 Å². The lowest BCUT2D eigenvalue weighted by Crippen LogP contribution is -2.11. The van der Waals surface area contributed by atoms with Crippen LogP contribution in [0.3, 0.4) is 0 Å². The van der Waals surface area contributed by atoms with Gasteiger partial charge in [-0.1, -0.05) is 29.8 Å². The Morgan fingerprint density at radius 1 is 1.10 bits per heavy atom. The first-order valence-corrected chi connectivity index (χ1v) is 6.87. The van der Waals surface area contributed by atoms with Gasteiger partial charge in [-0.25, -0.2) is 0 Å². The van der Waals surface area contributed by atoms with Gasteiger partial charge < -0.3 is 15.2 Å². The van der Waals surface area contributed by atoms with Gasteiger partial charge in [0, 0.05) is 12.2 Å². The van der Waals surface area contributed by atoms with E-state index >= 15 is 0 Å². The number of rotatable bonds is 7. The van der Waals surface area contributed by atoms with E-state index in [4.69, 9.17) is 9.84 Å². The number of benzene rings is 2. The summed E-state index contributed by atoms with van der Waals surface area (Å²) >= 11 is 0. The minimum atomic E-state index is -0.817. The van der Waals surface area contributed by atoms with Gasteiger partial charge in [-0.05, 0) is 36.8 Å². The van der Waals surface area contributed by atoms with Crippen LogP contribution in [-0.2, 0) is 11.2 Å². The molecule has 21 heavy (non-hydrogen) atoms. The minimum absolute atomic E-state index is 0.0524. The number of carboxylic acids is 1. The zero-order valence-electron chi connectivity index (χ0n) is 12.0. The normalized spacial score (nSPS) is 10.1. The van der Waals surface area contributed by atoms with Crippen molar-refractivity contribution in [2.75, 3.05) is 18.5 Å². The van der Waals surface area contributed by atoms with Gasteiger partial charge in [0.05, 0.1) is 6.42 Å². The van der Waals surface area contributed by atoms with Crippen LogP contribution in [0.2, 0.25) is 0 Å². The first kappa shape index (κ1) is 14.9. The van der Waals surface area contributed by atoms with E-state index < -0.39 is 5.97 Å². The second-order valence-corrected chi connectivity index (χ2v) is 4.86. The third-order valence-corrected chi connectivity index (χ3v) is 3.03. The van der Waals surface area contributed by atoms with Crippen LogP contribution in [0.5, 0.6) is 5.75 Å². The summed E-state index contributed by atoms with van der Waals surface area (Å²) in [5, 5.41) is 11.9. The van der Waals surface area contributed by atoms with Crippen molar-refractivity contribution >= 4 is 11.7 Å². The summed E-state index contributed by atoms with van der Waals surface area (Å²) in [6, 6.07) is 15.3. The predicted octanol–water partition coefficient (Wildman–Crippen LogP) is 3.11. The molecule has 0 amide bonds. The molecule has 2 rings (SSSR count). The molecular formula is C17H19NO3. The van der Waals surface area contributed by atoms with Gasteiger partial charge in [-0.15, -0.1) is 0 Å². The molecule has 0 spiro atoms. The Hall–Kier alpha value is -2.49. The van der Waals surface area contributed by atoms with Crippen molar-refractivity contribution in [3.63, 3.8) is 0 Å². The van der Waals surface area contributed by atoms with Gasteiger partial charge in [0.25, 0.3) is 0 Å². The molecule has 0 aliphatic rings. The van der Waals surface area contributed by atoms with Crippen LogP contribution in [-0.4, -0.2) is 24.2 Å². The maximum Gasteiger partial charge on any atom is 0.307 e. The molecule has 0 aromatic heterocycles. The van der Waals surface area contributed by atoms with Crippen molar-refractivity contribution in [3.05, 3.63) is 59.7 Å². The fraction of sp³-hybridized carbons (Fsp3) is 0.235. The van der Waals surface area contributed by atoms with Crippen molar-refractivity contribution in [1.82, 2.24) is 0 Å². The average Bonchev–Trinajstić information content (AvgIpc) is 2.46. The van der Waals surface area contributed by atoms with E-state index in [1.807, 2.05) is 55.5 Å². The fourth-order valence-corrected chi connectivity index (χ4v) is 1.91. The van der Waals surface area contributed by atoms with Crippen LogP contribution in [0.25, 0.3) is 0 Å². The summed E-state index contributed by atoms with van der Waals surface area (Å²) in [6.45, 7) is 3.30. The lowest BCUT2D eigenvalue weighted by atomic mass is 10.1. The standard InChI is InChI=1S/C17H19NO3/c1-13-2-8-16(9-3-13)21-11-10-18-15-6-4-14(5-7-15)12-17(19)20/h2-9,18H,10-12H2,1H3,(H,19,20). The molecule has 0 aliphatic heterocycles. The lowest BCUT2D eigenvalue weighted by molar-refractivity contribution is -0.136. The first-order chi connectivity index (χ1) is 10.1. The lowest BCUT2D eigenvalue weighted by Gasteiger charge is -2.09. The van der Waals surface area contributed by atoms with E-state index in [1.54, 1.807) is 0 Å². The number of carboxylic acid groups (broad SMARTS) is 1. The Kier molecular flexibility index (Phi) is 5.21. The molecule has 0 aliphatic carbocycles. The van der Waals surface area contributed by atoms with E-state index in [0.29, 0.717) is 13.2 Å². The Balaban J connectivity index is 1.73. The molecule has 0 heterocycles. The van der Waals surface area contributed by atoms with Gasteiger partial charge in [0.2, 0.25) is 0 Å². The summed E-state index contributed by atoms with van der Waals surface area (Å²) in [5.41, 5.74) is 2.96. The number of hydrogen-bond donors (Lipinski definition) is 2. The SMILES string of the molecule is Cc1ccc(OCCNc2ccc(CC(=O)O)cc2)cc1. The van der Waals surface area contributed by atoms with Crippen LogP contribution in [0.4, 0.5) is 5.69 Å². The summed E-state index contributed by atoms with van der Waals surface area (Å²) in [5.74, 6) is 0.0430. The van der Waals surface area contributed by atoms with Gasteiger partial charge in [-0.2, -0.15) is 0 Å². The highest BCUT2D eigenvalue weighted by molar-refractivity contribution is 5.70. The van der Waals surface area contributed by atoms with Crippen LogP contribution in [0, 0.1) is 6.92 Å². The van der Waals surface area contributed by atoms with Crippen molar-refractivity contribution in [3.8, 4) is 5.75 Å². The maximum absolute atomic E-state index is 10.6. The zero-order valence-corrected chi connectivity index (χ0v) is 12.0. The van der Waals surface area contributed by atoms with E-state index in [2.05, 4.69) is 5.32 Å². The minimum Gasteiger partial charge on any atom is -0.492 e. The molecule has 0 saturated heterocycles. The summed E-state index contributed by atoms with van der Waals surface area (Å²) in [4.78, 5) is 10.6. The summed E-state index contributed by atoms with van der Waals surface area (Å²) < 4.78 is 5.62. The summed E-state index contributed by atoms with van der Waals surface area (Å²) in [6.07, 6.45) is 0.0524. The summed E-state index contributed by atoms with van der Waals surface area (Å²) in [7, 11) is 0. The Labute approximate surface area is 124 Å². The van der Waals surface area contributed by atoms with Crippen molar-refractivity contribution < 1.29 is 14.6 Å². The number of hydrogen-bond acceptors (Lipinski definition) is 3. The molecule has 0 bridgehead atoms. The molecule has 0 atom stereocenters. The largest absolute Gasteiger partial charge is 0.492 e. The molecule has 2 aromatic carbocycles. The third kappa shape index (κ3) is 5.18. The van der Waals surface area contributed by atoms with E-state index in [9.17, 15) is 4.79 Å². The van der Waals surface area contributed by atoms with Crippen molar-refractivity contribution in [2.45, 2.75) is 13.3 Å². The number of aryl methyl sites for hydroxylation is 1. The number of ether oxygens (including phenoxy) is 1. The maximum atomic E-state index is 10.6. The van der Waals surface area contributed by atoms with Crippen LogP contribution < -0.4 is 10.1 Å².